The molecule has 0 saturated heterocycles. The lowest BCUT2D eigenvalue weighted by atomic mass is 9.85. The fourth-order valence-electron chi connectivity index (χ4n) is 3.66. The number of hydrogen-bond donors (Lipinski definition) is 1. The molecule has 0 radical (unpaired) electrons. The molecule has 3 rings (SSSR count). The van der Waals surface area contributed by atoms with E-state index in [1.807, 2.05) is 6.07 Å². The molecular formula is C18H25N3. The van der Waals surface area contributed by atoms with Gasteiger partial charge in [-0.05, 0) is 30.9 Å². The summed E-state index contributed by atoms with van der Waals surface area (Å²) in [4.78, 5) is 7.11. The van der Waals surface area contributed by atoms with E-state index in [2.05, 4.69) is 48.1 Å². The quantitative estimate of drug-likeness (QED) is 0.933. The van der Waals surface area contributed by atoms with Crippen LogP contribution in [0.25, 0.3) is 10.9 Å². The van der Waals surface area contributed by atoms with Gasteiger partial charge in [0.2, 0.25) is 0 Å². The van der Waals surface area contributed by atoms with Gasteiger partial charge in [0.15, 0.2) is 0 Å². The van der Waals surface area contributed by atoms with Crippen molar-refractivity contribution in [3.8, 4) is 0 Å². The maximum absolute atomic E-state index is 5.83. The van der Waals surface area contributed by atoms with E-state index in [4.69, 9.17) is 5.73 Å². The third-order valence-electron chi connectivity index (χ3n) is 4.90. The Balaban J connectivity index is 2.05. The second kappa shape index (κ2) is 6.02. The molecule has 1 aliphatic carbocycles. The summed E-state index contributed by atoms with van der Waals surface area (Å²) in [6.07, 6.45) is 5.33. The lowest BCUT2D eigenvalue weighted by Gasteiger charge is -2.38. The molecule has 112 valence electrons. The summed E-state index contributed by atoms with van der Waals surface area (Å²) in [6.45, 7) is 2.87. The summed E-state index contributed by atoms with van der Waals surface area (Å²) in [6, 6.07) is 11.2. The second-order valence-electron chi connectivity index (χ2n) is 6.29. The minimum Gasteiger partial charge on any atom is -0.371 e. The van der Waals surface area contributed by atoms with Gasteiger partial charge in [-0.1, -0.05) is 38.0 Å². The van der Waals surface area contributed by atoms with Gasteiger partial charge in [0, 0.05) is 30.7 Å². The Labute approximate surface area is 127 Å². The van der Waals surface area contributed by atoms with Crippen LogP contribution >= 0.6 is 0 Å². The monoisotopic (exact) mass is 283 g/mol. The van der Waals surface area contributed by atoms with E-state index >= 15 is 0 Å². The highest BCUT2D eigenvalue weighted by molar-refractivity contribution is 5.92. The Morgan fingerprint density at radius 2 is 2.00 bits per heavy atom. The molecule has 0 spiro atoms. The summed E-state index contributed by atoms with van der Waals surface area (Å²) in [5.41, 5.74) is 9.13. The fourth-order valence-corrected chi connectivity index (χ4v) is 3.66. The predicted molar refractivity (Wildman–Crippen MR) is 89.5 cm³/mol. The highest BCUT2D eigenvalue weighted by Crippen LogP contribution is 2.34. The van der Waals surface area contributed by atoms with Crippen molar-refractivity contribution in [1.82, 2.24) is 4.98 Å². The van der Waals surface area contributed by atoms with Crippen LogP contribution in [-0.2, 0) is 6.54 Å². The fraction of sp³-hybridized carbons (Fsp3) is 0.500. The number of pyridine rings is 1. The maximum Gasteiger partial charge on any atom is 0.0726 e. The van der Waals surface area contributed by atoms with Crippen molar-refractivity contribution in [2.45, 2.75) is 45.2 Å². The number of benzene rings is 1. The molecule has 21 heavy (non-hydrogen) atoms. The van der Waals surface area contributed by atoms with Gasteiger partial charge >= 0.3 is 0 Å². The van der Waals surface area contributed by atoms with E-state index < -0.39 is 0 Å². The molecule has 2 unspecified atom stereocenters. The molecule has 2 N–H and O–H groups in total. The lowest BCUT2D eigenvalue weighted by Crippen LogP contribution is -2.39. The lowest BCUT2D eigenvalue weighted by molar-refractivity contribution is 0.322. The van der Waals surface area contributed by atoms with E-state index in [9.17, 15) is 0 Å². The van der Waals surface area contributed by atoms with Crippen molar-refractivity contribution < 1.29 is 0 Å². The summed E-state index contributed by atoms with van der Waals surface area (Å²) in [7, 11) is 2.23. The van der Waals surface area contributed by atoms with Gasteiger partial charge in [-0.3, -0.25) is 4.98 Å². The third-order valence-corrected chi connectivity index (χ3v) is 4.90. The first-order valence-electron chi connectivity index (χ1n) is 8.02. The van der Waals surface area contributed by atoms with Crippen LogP contribution in [0.15, 0.2) is 30.3 Å². The number of nitrogens with zero attached hydrogens (tertiary/aromatic N) is 2. The van der Waals surface area contributed by atoms with Crippen molar-refractivity contribution in [2.24, 2.45) is 11.7 Å². The Bertz CT molecular complexity index is 623. The minimum atomic E-state index is 0.492. The number of hydrogen-bond acceptors (Lipinski definition) is 3. The molecule has 0 bridgehead atoms. The normalized spacial score (nSPS) is 22.4. The zero-order valence-corrected chi connectivity index (χ0v) is 13.0. The smallest absolute Gasteiger partial charge is 0.0726 e. The molecule has 1 fully saturated rings. The first kappa shape index (κ1) is 14.3. The van der Waals surface area contributed by atoms with Crippen LogP contribution in [0, 0.1) is 5.92 Å². The van der Waals surface area contributed by atoms with Crippen molar-refractivity contribution in [3.05, 3.63) is 36.0 Å². The SMILES string of the molecule is CC1CCCCC1N(C)c1cc(CN)nc2ccccc12. The summed E-state index contributed by atoms with van der Waals surface area (Å²) < 4.78 is 0. The molecule has 1 aromatic carbocycles. The Kier molecular flexibility index (Phi) is 4.11. The Morgan fingerprint density at radius 3 is 2.76 bits per heavy atom. The second-order valence-corrected chi connectivity index (χ2v) is 6.29. The summed E-state index contributed by atoms with van der Waals surface area (Å²) in [5.74, 6) is 0.747. The standard InChI is InChI=1S/C18H25N3/c1-13-7-3-6-10-17(13)21(2)18-11-14(12-19)20-16-9-5-4-8-15(16)18/h4-5,8-9,11,13,17H,3,6-7,10,12,19H2,1-2H3. The first-order chi connectivity index (χ1) is 10.2. The van der Waals surface area contributed by atoms with E-state index in [1.165, 1.54) is 36.8 Å². The molecule has 3 heteroatoms. The van der Waals surface area contributed by atoms with Crippen molar-refractivity contribution >= 4 is 16.6 Å². The van der Waals surface area contributed by atoms with E-state index in [0.29, 0.717) is 12.6 Å². The molecule has 3 nitrogen and oxygen atoms in total. The van der Waals surface area contributed by atoms with E-state index in [-0.39, 0.29) is 0 Å². The van der Waals surface area contributed by atoms with Gasteiger partial charge in [0.1, 0.15) is 0 Å². The maximum atomic E-state index is 5.83. The van der Waals surface area contributed by atoms with Gasteiger partial charge in [0.05, 0.1) is 11.2 Å². The highest BCUT2D eigenvalue weighted by atomic mass is 15.1. The number of rotatable bonds is 3. The number of fused-ring (bicyclic) bond motifs is 1. The minimum absolute atomic E-state index is 0.492. The van der Waals surface area contributed by atoms with Crippen molar-refractivity contribution in [2.75, 3.05) is 11.9 Å². The molecule has 0 amide bonds. The average molecular weight is 283 g/mol. The molecule has 1 saturated carbocycles. The highest BCUT2D eigenvalue weighted by Gasteiger charge is 2.26. The van der Waals surface area contributed by atoms with Gasteiger partial charge < -0.3 is 10.6 Å². The third kappa shape index (κ3) is 2.75. The van der Waals surface area contributed by atoms with E-state index in [0.717, 1.165) is 17.1 Å². The van der Waals surface area contributed by atoms with Crippen LogP contribution in [-0.4, -0.2) is 18.1 Å². The first-order valence-corrected chi connectivity index (χ1v) is 8.02. The molecule has 2 atom stereocenters. The van der Waals surface area contributed by atoms with Crippen molar-refractivity contribution in [3.63, 3.8) is 0 Å². The topological polar surface area (TPSA) is 42.1 Å². The molecule has 1 heterocycles. The molecular weight excluding hydrogens is 258 g/mol. The van der Waals surface area contributed by atoms with Crippen LogP contribution < -0.4 is 10.6 Å². The zero-order valence-electron chi connectivity index (χ0n) is 13.0. The molecule has 0 aliphatic heterocycles. The Morgan fingerprint density at radius 1 is 1.24 bits per heavy atom. The van der Waals surface area contributed by atoms with Crippen molar-refractivity contribution in [1.29, 1.82) is 0 Å². The molecule has 2 aromatic rings. The number of para-hydroxylation sites is 1. The van der Waals surface area contributed by atoms with Crippen LogP contribution in [0.3, 0.4) is 0 Å². The van der Waals surface area contributed by atoms with Gasteiger partial charge in [-0.2, -0.15) is 0 Å². The summed E-state index contributed by atoms with van der Waals surface area (Å²) in [5, 5.41) is 1.23. The molecule has 1 aromatic heterocycles. The number of aromatic nitrogens is 1. The molecule has 1 aliphatic rings. The van der Waals surface area contributed by atoms with Crippen LogP contribution in [0.2, 0.25) is 0 Å². The van der Waals surface area contributed by atoms with Crippen LogP contribution in [0.4, 0.5) is 5.69 Å². The van der Waals surface area contributed by atoms with Gasteiger partial charge in [-0.15, -0.1) is 0 Å². The van der Waals surface area contributed by atoms with Crippen LogP contribution in [0.1, 0.15) is 38.3 Å². The largest absolute Gasteiger partial charge is 0.371 e. The van der Waals surface area contributed by atoms with Crippen LogP contribution in [0.5, 0.6) is 0 Å². The van der Waals surface area contributed by atoms with Gasteiger partial charge in [-0.25, -0.2) is 0 Å². The van der Waals surface area contributed by atoms with Gasteiger partial charge in [0.25, 0.3) is 0 Å². The summed E-state index contributed by atoms with van der Waals surface area (Å²) >= 11 is 0. The predicted octanol–water partition coefficient (Wildman–Crippen LogP) is 3.71. The van der Waals surface area contributed by atoms with E-state index in [1.54, 1.807) is 0 Å². The zero-order chi connectivity index (χ0) is 14.8. The Hall–Kier alpha value is -1.61. The number of nitrogens with two attached hydrogens (primary N) is 1. The average Bonchev–Trinajstić information content (AvgIpc) is 2.53. The number of anilines is 1.